The van der Waals surface area contributed by atoms with E-state index < -0.39 is 0 Å². The van der Waals surface area contributed by atoms with Gasteiger partial charge in [0, 0.05) is 10.9 Å². The Morgan fingerprint density at radius 1 is 1.12 bits per heavy atom. The number of thiazole rings is 1. The molecule has 0 aliphatic rings. The van der Waals surface area contributed by atoms with Crippen LogP contribution in [0.4, 0.5) is 5.69 Å². The highest BCUT2D eigenvalue weighted by atomic mass is 32.1. The van der Waals surface area contributed by atoms with Gasteiger partial charge in [0.05, 0.1) is 36.2 Å². The van der Waals surface area contributed by atoms with Gasteiger partial charge >= 0.3 is 0 Å². The van der Waals surface area contributed by atoms with Gasteiger partial charge in [-0.1, -0.05) is 18.2 Å². The maximum Gasteiger partial charge on any atom is 0.259 e. The Labute approximate surface area is 150 Å². The van der Waals surface area contributed by atoms with Gasteiger partial charge in [0.25, 0.3) is 5.91 Å². The van der Waals surface area contributed by atoms with Gasteiger partial charge in [-0.25, -0.2) is 4.98 Å². The maximum atomic E-state index is 12.8. The molecule has 1 N–H and O–H groups in total. The number of carbonyl (C=O) groups excluding carboxylic acids is 1. The molecule has 0 atom stereocenters. The molecule has 3 aromatic rings. The molecule has 5 nitrogen and oxygen atoms in total. The molecule has 0 saturated carbocycles. The summed E-state index contributed by atoms with van der Waals surface area (Å²) in [6.07, 6.45) is 0. The van der Waals surface area contributed by atoms with Crippen molar-refractivity contribution < 1.29 is 14.3 Å². The van der Waals surface area contributed by atoms with Crippen LogP contribution in [0.5, 0.6) is 11.5 Å². The number of aromatic nitrogens is 1. The lowest BCUT2D eigenvalue weighted by atomic mass is 10.1. The van der Waals surface area contributed by atoms with Crippen LogP contribution in [0.1, 0.15) is 15.4 Å². The fourth-order valence-corrected chi connectivity index (χ4v) is 3.10. The number of anilines is 1. The second-order valence-electron chi connectivity index (χ2n) is 5.32. The van der Waals surface area contributed by atoms with E-state index in [-0.39, 0.29) is 5.91 Å². The first-order chi connectivity index (χ1) is 12.1. The fraction of sp³-hybridized carbons (Fsp3) is 0.158. The van der Waals surface area contributed by atoms with Crippen LogP contribution in [0, 0.1) is 6.92 Å². The standard InChI is InChI=1S/C19H18N2O3S/c1-12-20-17(11-25-12)14-6-4-5-7-16(14)21-19(22)15-10-13(23-2)8-9-18(15)24-3/h4-11H,1-3H3,(H,21,22). The molecule has 1 aromatic heterocycles. The summed E-state index contributed by atoms with van der Waals surface area (Å²) >= 11 is 1.57. The number of rotatable bonds is 5. The average molecular weight is 354 g/mol. The van der Waals surface area contributed by atoms with Crippen LogP contribution in [-0.2, 0) is 0 Å². The van der Waals surface area contributed by atoms with Crippen LogP contribution in [0.25, 0.3) is 11.3 Å². The predicted molar refractivity (Wildman–Crippen MR) is 99.8 cm³/mol. The van der Waals surface area contributed by atoms with E-state index in [1.807, 2.05) is 36.6 Å². The minimum absolute atomic E-state index is 0.268. The molecule has 0 aliphatic heterocycles. The third-order valence-corrected chi connectivity index (χ3v) is 4.50. The average Bonchev–Trinajstić information content (AvgIpc) is 3.07. The normalized spacial score (nSPS) is 10.4. The molecule has 1 amide bonds. The maximum absolute atomic E-state index is 12.8. The first-order valence-electron chi connectivity index (χ1n) is 7.67. The van der Waals surface area contributed by atoms with Crippen molar-refractivity contribution in [1.29, 1.82) is 0 Å². The smallest absolute Gasteiger partial charge is 0.259 e. The number of amides is 1. The third kappa shape index (κ3) is 3.64. The van der Waals surface area contributed by atoms with E-state index in [1.54, 1.807) is 36.6 Å². The lowest BCUT2D eigenvalue weighted by molar-refractivity contribution is 0.102. The van der Waals surface area contributed by atoms with E-state index >= 15 is 0 Å². The van der Waals surface area contributed by atoms with Crippen molar-refractivity contribution in [2.24, 2.45) is 0 Å². The molecule has 0 bridgehead atoms. The number of aryl methyl sites for hydroxylation is 1. The van der Waals surface area contributed by atoms with E-state index in [0.717, 1.165) is 16.3 Å². The fourth-order valence-electron chi connectivity index (χ4n) is 2.48. The van der Waals surface area contributed by atoms with Crippen LogP contribution < -0.4 is 14.8 Å². The van der Waals surface area contributed by atoms with Gasteiger partial charge in [-0.3, -0.25) is 4.79 Å². The van der Waals surface area contributed by atoms with Gasteiger partial charge in [0.2, 0.25) is 0 Å². The van der Waals surface area contributed by atoms with Crippen LogP contribution in [0.2, 0.25) is 0 Å². The number of nitrogens with zero attached hydrogens (tertiary/aromatic N) is 1. The van der Waals surface area contributed by atoms with Crippen molar-refractivity contribution in [1.82, 2.24) is 4.98 Å². The highest BCUT2D eigenvalue weighted by Crippen LogP contribution is 2.30. The van der Waals surface area contributed by atoms with Crippen LogP contribution in [-0.4, -0.2) is 25.1 Å². The third-order valence-electron chi connectivity index (χ3n) is 3.72. The Kier molecular flexibility index (Phi) is 5.00. The Bertz CT molecular complexity index is 905. The Balaban J connectivity index is 1.95. The van der Waals surface area contributed by atoms with Crippen LogP contribution >= 0.6 is 11.3 Å². The predicted octanol–water partition coefficient (Wildman–Crippen LogP) is 4.39. The molecule has 1 heterocycles. The quantitative estimate of drug-likeness (QED) is 0.738. The van der Waals surface area contributed by atoms with E-state index in [2.05, 4.69) is 10.3 Å². The number of methoxy groups -OCH3 is 2. The van der Waals surface area contributed by atoms with Crippen molar-refractivity contribution in [3.8, 4) is 22.8 Å². The number of ether oxygens (including phenoxy) is 2. The number of hydrogen-bond acceptors (Lipinski definition) is 5. The summed E-state index contributed by atoms with van der Waals surface area (Å²) in [6, 6.07) is 12.7. The van der Waals surface area contributed by atoms with Gasteiger partial charge in [0.1, 0.15) is 11.5 Å². The van der Waals surface area contributed by atoms with E-state index in [9.17, 15) is 4.79 Å². The highest BCUT2D eigenvalue weighted by Gasteiger charge is 2.16. The van der Waals surface area contributed by atoms with Crippen molar-refractivity contribution in [3.63, 3.8) is 0 Å². The monoisotopic (exact) mass is 354 g/mol. The molecule has 128 valence electrons. The molecule has 25 heavy (non-hydrogen) atoms. The molecule has 0 fully saturated rings. The first-order valence-corrected chi connectivity index (χ1v) is 8.55. The molecule has 0 radical (unpaired) electrons. The topological polar surface area (TPSA) is 60.5 Å². The lowest BCUT2D eigenvalue weighted by Crippen LogP contribution is -2.14. The van der Waals surface area contributed by atoms with Crippen molar-refractivity contribution in [2.75, 3.05) is 19.5 Å². The highest BCUT2D eigenvalue weighted by molar-refractivity contribution is 7.09. The van der Waals surface area contributed by atoms with Gasteiger partial charge in [-0.15, -0.1) is 11.3 Å². The summed E-state index contributed by atoms with van der Waals surface area (Å²) < 4.78 is 10.5. The van der Waals surface area contributed by atoms with Crippen molar-refractivity contribution in [3.05, 3.63) is 58.4 Å². The van der Waals surface area contributed by atoms with Crippen molar-refractivity contribution in [2.45, 2.75) is 6.92 Å². The molecule has 0 unspecified atom stereocenters. The first kappa shape index (κ1) is 17.0. The number of hydrogen-bond donors (Lipinski definition) is 1. The summed E-state index contributed by atoms with van der Waals surface area (Å²) in [7, 11) is 3.09. The number of para-hydroxylation sites is 1. The van der Waals surface area contributed by atoms with E-state index in [0.29, 0.717) is 22.7 Å². The SMILES string of the molecule is COc1ccc(OC)c(C(=O)Nc2ccccc2-c2csc(C)n2)c1. The zero-order chi connectivity index (χ0) is 17.8. The molecule has 3 rings (SSSR count). The van der Waals surface area contributed by atoms with Gasteiger partial charge in [-0.05, 0) is 31.2 Å². The molecule has 2 aromatic carbocycles. The molecule has 0 saturated heterocycles. The molecule has 0 spiro atoms. The lowest BCUT2D eigenvalue weighted by Gasteiger charge is -2.13. The van der Waals surface area contributed by atoms with Crippen LogP contribution in [0.3, 0.4) is 0 Å². The van der Waals surface area contributed by atoms with E-state index in [1.165, 1.54) is 7.11 Å². The minimum atomic E-state index is -0.268. The van der Waals surface area contributed by atoms with Gasteiger partial charge < -0.3 is 14.8 Å². The largest absolute Gasteiger partial charge is 0.497 e. The molecular formula is C19H18N2O3S. The Morgan fingerprint density at radius 3 is 2.60 bits per heavy atom. The summed E-state index contributed by atoms with van der Waals surface area (Å²) in [5.41, 5.74) is 2.83. The number of carbonyl (C=O) groups is 1. The zero-order valence-corrected chi connectivity index (χ0v) is 15.0. The Hall–Kier alpha value is -2.86. The van der Waals surface area contributed by atoms with Gasteiger partial charge in [-0.2, -0.15) is 0 Å². The molecular weight excluding hydrogens is 336 g/mol. The summed E-state index contributed by atoms with van der Waals surface area (Å²) in [5.74, 6) is 0.810. The number of benzene rings is 2. The zero-order valence-electron chi connectivity index (χ0n) is 14.2. The van der Waals surface area contributed by atoms with Gasteiger partial charge in [0.15, 0.2) is 0 Å². The van der Waals surface area contributed by atoms with Crippen molar-refractivity contribution >= 4 is 22.9 Å². The molecule has 0 aliphatic carbocycles. The summed E-state index contributed by atoms with van der Waals surface area (Å²) in [5, 5.41) is 5.91. The van der Waals surface area contributed by atoms with Crippen LogP contribution in [0.15, 0.2) is 47.8 Å². The number of nitrogens with one attached hydrogen (secondary N) is 1. The minimum Gasteiger partial charge on any atom is -0.497 e. The second-order valence-corrected chi connectivity index (χ2v) is 6.38. The Morgan fingerprint density at radius 2 is 1.92 bits per heavy atom. The second kappa shape index (κ2) is 7.36. The van der Waals surface area contributed by atoms with E-state index in [4.69, 9.17) is 9.47 Å². The summed E-state index contributed by atoms with van der Waals surface area (Å²) in [4.78, 5) is 17.3. The molecule has 6 heteroatoms. The summed E-state index contributed by atoms with van der Waals surface area (Å²) in [6.45, 7) is 1.95.